The largest absolute Gasteiger partial charge is 0.780 e. The van der Waals surface area contributed by atoms with Gasteiger partial charge in [0.2, 0.25) is 11.9 Å². The minimum atomic E-state index is -4.05. The molecule has 8 rings (SSSR count). The molecule has 3 aliphatic heterocycles. The molecule has 0 radical (unpaired) electrons. The van der Waals surface area contributed by atoms with Gasteiger partial charge in [-0.3, -0.25) is 33.3 Å². The first-order chi connectivity index (χ1) is 46.7. The third-order valence-corrected chi connectivity index (χ3v) is 22.2. The van der Waals surface area contributed by atoms with Gasteiger partial charge < -0.3 is 162 Å². The number of imidazole rings is 1. The summed E-state index contributed by atoms with van der Waals surface area (Å²) in [5.41, 5.74) is 15.6. The van der Waals surface area contributed by atoms with Crippen molar-refractivity contribution in [1.82, 2.24) is 43.6 Å². The first-order valence-electron chi connectivity index (χ1n) is 27.9. The van der Waals surface area contributed by atoms with Gasteiger partial charge in [-0.25, -0.2) is 9.78 Å². The van der Waals surface area contributed by atoms with Crippen molar-refractivity contribution in [2.45, 2.75) is 86.5 Å². The number of aliphatic hydroxyl groups is 3. The maximum absolute atomic E-state index is 12.0. The lowest BCUT2D eigenvalue weighted by atomic mass is 10.1. The second-order valence-corrected chi connectivity index (χ2v) is 36.6. The van der Waals surface area contributed by atoms with E-state index in [-0.39, 0.29) is 54.3 Å². The summed E-state index contributed by atoms with van der Waals surface area (Å²) in [6.07, 6.45) is -6.24. The molecule has 5 aromatic heterocycles. The molecule has 0 bridgehead atoms. The monoisotopic (exact) mass is 1660 g/mol. The number of hydrogen-bond donors (Lipinski definition) is 9. The summed E-state index contributed by atoms with van der Waals surface area (Å²) in [6.45, 7) is -21.8. The van der Waals surface area contributed by atoms with Gasteiger partial charge in [-0.1, -0.05) is 59.0 Å². The molecule has 3 aliphatic rings. The average molecular weight is 1660 g/mol. The maximum atomic E-state index is 12.0. The van der Waals surface area contributed by atoms with Crippen LogP contribution < -0.4 is 58.5 Å². The molecule has 18 atom stereocenters. The summed E-state index contributed by atoms with van der Waals surface area (Å²) in [5.74, 6) is -0.0760. The van der Waals surface area contributed by atoms with Crippen molar-refractivity contribution in [3.63, 3.8) is 0 Å². The zero-order valence-electron chi connectivity index (χ0n) is 54.0. The number of nitrogens with zero attached hydrogens (tertiary/aromatic N) is 7. The van der Waals surface area contributed by atoms with Gasteiger partial charge in [0.15, 0.2) is 36.1 Å². The molecule has 3 saturated heterocycles. The summed E-state index contributed by atoms with van der Waals surface area (Å²) in [7, 11) is 11.8. The number of aliphatic hydroxyl groups excluding tert-OH is 3. The van der Waals surface area contributed by atoms with E-state index in [0.717, 1.165) is 25.9 Å². The maximum Gasteiger partial charge on any atom is 0.351 e. The number of aromatic amines is 2. The van der Waals surface area contributed by atoms with Crippen LogP contribution in [0.1, 0.15) is 31.5 Å². The van der Waals surface area contributed by atoms with Crippen molar-refractivity contribution in [1.29, 1.82) is 0 Å². The van der Waals surface area contributed by atoms with Crippen LogP contribution in [0.2, 0.25) is 0 Å². The second kappa shape index (κ2) is 41.2. The summed E-state index contributed by atoms with van der Waals surface area (Å²) < 4.78 is 105. The molecule has 5 aromatic rings. The molecule has 55 heteroatoms. The Labute approximate surface area is 599 Å². The zero-order valence-corrected chi connectivity index (χ0v) is 64.3. The first-order valence-corrected chi connectivity index (χ1v) is 43.3. The number of nitrogens with two attached hydrogens (primary N) is 3. The minimum Gasteiger partial charge on any atom is -0.780 e. The molecule has 0 saturated carbocycles. The Kier molecular flexibility index (Phi) is 37.2. The summed E-state index contributed by atoms with van der Waals surface area (Å²) in [6, 6.07) is 3.00. The van der Waals surface area contributed by atoms with Crippen LogP contribution in [0.4, 0.5) is 17.7 Å². The number of hydrogen-bond acceptors (Lipinski definition) is 43. The van der Waals surface area contributed by atoms with Crippen molar-refractivity contribution in [3.8, 4) is 0 Å². The number of aromatic nitrogens is 9. The van der Waals surface area contributed by atoms with E-state index in [9.17, 15) is 53.6 Å². The molecular formula is C45H74N12O31P6S6-6. The standard InChI is InChI=1S/C13H19N4O6PS.C12H18N5O7PS.C11H18N3O7PS.C5H13O4PS.C4H12O7P2S2/c1-20-6-9-8(23-24(19,25)21-2)5-10(22-9)17-4-3-7-11(17)15-13(14)16-12(7)18;1-21-3-5-8(24-25(20,26)22-2)7(18)11(23-5)17-4-14-6-9(17)15-12(13)16-10(6)19;1-18-5-6-9(21-22(17,23)19-2)8(15)10(20-6)14-4-3-7(12)13-11(14)16;1-7-4-3-5-9-10(6,11)8-2;1-9-13(8,15)11-3-4(5)2-10-12(6,7)14/h3-4,8-10H,5-6H2,1-2H3,(H,19,25)(H3,14,15,16,18);4-5,7-8,11,18H,3H2,1-2H3,(H,20,26)(H3,13,15,16,19);3-4,6,8-10,15H,5H2,1-2H3,(H,17,23)(H2,12,13,16);3-5H2,1-2H3,(H,6,11);4-5H,2-3H2,1H3,(H,8,15)(H2,6,7,14)/p-6. The molecule has 572 valence electrons. The molecule has 0 amide bonds. The fourth-order valence-electron chi connectivity index (χ4n) is 8.58. The normalized spacial score (nSPS) is 25.9. The van der Waals surface area contributed by atoms with E-state index < -0.39 is 138 Å². The van der Waals surface area contributed by atoms with Crippen molar-refractivity contribution < 1.29 is 132 Å². The lowest BCUT2D eigenvalue weighted by Crippen LogP contribution is -2.38. The smallest absolute Gasteiger partial charge is 0.351 e. The fraction of sp³-hybridized carbons (Fsp3) is 0.667. The number of methoxy groups -OCH3 is 4. The van der Waals surface area contributed by atoms with Crippen LogP contribution in [0, 0.1) is 0 Å². The Morgan fingerprint density at radius 3 is 1.62 bits per heavy atom. The van der Waals surface area contributed by atoms with Crippen molar-refractivity contribution >= 4 is 152 Å². The Bertz CT molecular complexity index is 3900. The number of nitrogens with one attached hydrogen (secondary N) is 2. The van der Waals surface area contributed by atoms with Gasteiger partial charge >= 0.3 is 5.69 Å². The molecule has 12 N–H and O–H groups in total. The average Bonchev–Trinajstić information content (AvgIpc) is 1.63. The Hall–Kier alpha value is -2.20. The SMILES string of the molecule is COCC1OC(n2ccc(N)nc2=O)C(O)C1OP([O-])(=S)OC.COCC1OC(n2ccc3c(=O)[nH]c(N)nc32)CC1OP(=O)([S-])OC.COCC1OC(n2cnc3c(=O)[nH]c(N)nc32)C(O)C1OP([O-])(=S)OC.COCCCOP([O-])(=S)OC.COP([O-])(=S)OCC(O)COP([O-])(O)=S. The van der Waals surface area contributed by atoms with Gasteiger partial charge in [-0.05, 0) is 18.6 Å². The Balaban J connectivity index is 0.000000273. The molecule has 0 aromatic carbocycles. The number of fused-ring (bicyclic) bond motifs is 2. The van der Waals surface area contributed by atoms with Crippen molar-refractivity contribution in [2.24, 2.45) is 0 Å². The zero-order chi connectivity index (χ0) is 75.3. The lowest BCUT2D eigenvalue weighted by Gasteiger charge is -2.31. The quantitative estimate of drug-likeness (QED) is 0.0116. The van der Waals surface area contributed by atoms with Crippen molar-refractivity contribution in [2.75, 3.05) is 127 Å². The number of ether oxygens (including phenoxy) is 7. The van der Waals surface area contributed by atoms with Crippen LogP contribution in [0.5, 0.6) is 0 Å². The number of anilines is 3. The number of H-pyrrole nitrogens is 2. The van der Waals surface area contributed by atoms with Gasteiger partial charge in [0.25, 0.3) is 11.1 Å². The van der Waals surface area contributed by atoms with E-state index in [1.165, 1.54) is 58.7 Å². The summed E-state index contributed by atoms with van der Waals surface area (Å²) in [5, 5.41) is 30.6. The Morgan fingerprint density at radius 2 is 1.12 bits per heavy atom. The predicted octanol–water partition coefficient (Wildman–Crippen LogP) is -4.04. The van der Waals surface area contributed by atoms with Crippen LogP contribution in [0.3, 0.4) is 0 Å². The summed E-state index contributed by atoms with van der Waals surface area (Å²) in [4.78, 5) is 121. The van der Waals surface area contributed by atoms with Crippen LogP contribution in [-0.2, 0) is 159 Å². The molecule has 0 spiro atoms. The highest BCUT2D eigenvalue weighted by Gasteiger charge is 2.49. The molecule has 18 unspecified atom stereocenters. The molecule has 43 nitrogen and oxygen atoms in total. The Morgan fingerprint density at radius 1 is 0.630 bits per heavy atom. The highest BCUT2D eigenvalue weighted by Crippen LogP contribution is 2.50. The fourth-order valence-corrected chi connectivity index (χ4v) is 13.3. The number of nitrogen functional groups attached to an aromatic ring is 3. The molecule has 0 aliphatic carbocycles. The number of rotatable bonds is 31. The van der Waals surface area contributed by atoms with Crippen LogP contribution in [0.15, 0.2) is 45.2 Å². The summed E-state index contributed by atoms with van der Waals surface area (Å²) >= 11 is 27.0. The van der Waals surface area contributed by atoms with Gasteiger partial charge in [-0.2, -0.15) is 15.0 Å². The molecule has 100 heavy (non-hydrogen) atoms. The van der Waals surface area contributed by atoms with Gasteiger partial charge in [0, 0.05) is 89.4 Å². The van der Waals surface area contributed by atoms with Crippen molar-refractivity contribution in [3.05, 3.63) is 62.0 Å². The van der Waals surface area contributed by atoms with Gasteiger partial charge in [0.05, 0.1) is 57.5 Å². The highest BCUT2D eigenvalue weighted by molar-refractivity contribution is 8.32. The van der Waals surface area contributed by atoms with E-state index in [1.54, 1.807) is 23.9 Å². The van der Waals surface area contributed by atoms with E-state index in [2.05, 4.69) is 104 Å². The predicted molar refractivity (Wildman–Crippen MR) is 363 cm³/mol. The third-order valence-electron chi connectivity index (χ3n) is 13.0. The minimum absolute atomic E-state index is 0.00568. The molecule has 3 fully saturated rings. The van der Waals surface area contributed by atoms with E-state index in [4.69, 9.17) is 107 Å². The van der Waals surface area contributed by atoms with Gasteiger partial charge in [0.1, 0.15) is 94.5 Å². The topological polar surface area (TPSA) is 607 Å². The van der Waals surface area contributed by atoms with Crippen LogP contribution in [-0.4, -0.2) is 229 Å². The third kappa shape index (κ3) is 28.2. The molecule has 8 heterocycles. The van der Waals surface area contributed by atoms with Gasteiger partial charge in [-0.15, -0.1) is 0 Å². The van der Waals surface area contributed by atoms with Crippen LogP contribution >= 0.6 is 40.4 Å². The van der Waals surface area contributed by atoms with Crippen LogP contribution in [0.25, 0.3) is 22.2 Å². The highest BCUT2D eigenvalue weighted by atomic mass is 32.7. The first kappa shape index (κ1) is 90.2. The lowest BCUT2D eigenvalue weighted by molar-refractivity contribution is -0.213. The molecular weight excluding hydrogens is 1580 g/mol. The van der Waals surface area contributed by atoms with E-state index in [0.29, 0.717) is 37.1 Å². The second-order valence-electron chi connectivity index (χ2n) is 19.9. The van der Waals surface area contributed by atoms with E-state index in [1.807, 2.05) is 0 Å². The van der Waals surface area contributed by atoms with E-state index >= 15 is 0 Å².